The van der Waals surface area contributed by atoms with Gasteiger partial charge in [-0.15, -0.1) is 11.3 Å². The van der Waals surface area contributed by atoms with Crippen molar-refractivity contribution < 1.29 is 22.8 Å². The van der Waals surface area contributed by atoms with Crippen LogP contribution >= 0.6 is 11.3 Å². The summed E-state index contributed by atoms with van der Waals surface area (Å²) in [6.07, 6.45) is -0.396. The minimum Gasteiger partial charge on any atom is -0.365 e. The van der Waals surface area contributed by atoms with E-state index in [2.05, 4.69) is 5.32 Å². The van der Waals surface area contributed by atoms with Crippen molar-refractivity contribution in [2.75, 3.05) is 18.9 Å². The summed E-state index contributed by atoms with van der Waals surface area (Å²) in [6, 6.07) is 4.99. The van der Waals surface area contributed by atoms with Crippen molar-refractivity contribution >= 4 is 28.2 Å². The van der Waals surface area contributed by atoms with Crippen molar-refractivity contribution in [3.8, 4) is 0 Å². The van der Waals surface area contributed by atoms with E-state index in [0.717, 1.165) is 53.8 Å². The smallest absolute Gasteiger partial charge is 0.365 e. The predicted molar refractivity (Wildman–Crippen MR) is 111 cm³/mol. The van der Waals surface area contributed by atoms with E-state index in [-0.39, 0.29) is 12.3 Å². The first-order valence-electron chi connectivity index (χ1n) is 9.74. The zero-order chi connectivity index (χ0) is 21.9. The van der Waals surface area contributed by atoms with E-state index in [1.807, 2.05) is 4.90 Å². The number of hydrogen-bond donors (Lipinski definition) is 2. The number of nitrogens with two attached hydrogens (primary N) is 1. The highest BCUT2D eigenvalue weighted by Crippen LogP contribution is 2.38. The largest absolute Gasteiger partial charge is 0.416 e. The molecule has 0 saturated heterocycles. The van der Waals surface area contributed by atoms with E-state index in [1.54, 1.807) is 7.05 Å². The third kappa shape index (κ3) is 5.40. The zero-order valence-corrected chi connectivity index (χ0v) is 17.5. The molecule has 162 valence electrons. The van der Waals surface area contributed by atoms with Crippen LogP contribution in [0.5, 0.6) is 0 Å². The number of alkyl halides is 3. The predicted octanol–water partition coefficient (Wildman–Crippen LogP) is 4.21. The third-order valence-corrected chi connectivity index (χ3v) is 6.33. The number of rotatable bonds is 7. The molecule has 1 aliphatic carbocycles. The average Bonchev–Trinajstić information content (AvgIpc) is 3.04. The summed E-state index contributed by atoms with van der Waals surface area (Å²) < 4.78 is 37.9. The van der Waals surface area contributed by atoms with E-state index >= 15 is 0 Å². The van der Waals surface area contributed by atoms with Crippen molar-refractivity contribution in [3.05, 3.63) is 51.4 Å². The van der Waals surface area contributed by atoms with Crippen LogP contribution in [-0.4, -0.2) is 30.3 Å². The second kappa shape index (κ2) is 9.18. The highest BCUT2D eigenvalue weighted by atomic mass is 32.1. The molecule has 0 radical (unpaired) electrons. The van der Waals surface area contributed by atoms with E-state index < -0.39 is 17.6 Å². The lowest BCUT2D eigenvalue weighted by atomic mass is 9.95. The van der Waals surface area contributed by atoms with Crippen LogP contribution in [0.3, 0.4) is 0 Å². The SMILES string of the molecule is CN(CCC(=O)Nc1sc2c(c1C(N)=O)CCCC2)Cc1ccc(C(F)(F)F)cc1. The van der Waals surface area contributed by atoms with E-state index in [1.165, 1.54) is 23.5 Å². The van der Waals surface area contributed by atoms with Gasteiger partial charge in [-0.3, -0.25) is 9.59 Å². The number of amides is 2. The van der Waals surface area contributed by atoms with Crippen molar-refractivity contribution in [1.29, 1.82) is 0 Å². The molecule has 3 N–H and O–H groups in total. The molecule has 3 rings (SSSR count). The molecule has 0 unspecified atom stereocenters. The fourth-order valence-electron chi connectivity index (χ4n) is 3.59. The van der Waals surface area contributed by atoms with Crippen LogP contribution in [0.1, 0.15) is 51.2 Å². The summed E-state index contributed by atoms with van der Waals surface area (Å²) in [5, 5.41) is 3.34. The molecular weight excluding hydrogens is 415 g/mol. The monoisotopic (exact) mass is 439 g/mol. The van der Waals surface area contributed by atoms with Crippen molar-refractivity contribution in [1.82, 2.24) is 4.90 Å². The molecule has 2 aromatic rings. The van der Waals surface area contributed by atoms with Gasteiger partial charge in [0.2, 0.25) is 5.91 Å². The van der Waals surface area contributed by atoms with Crippen molar-refractivity contribution in [2.24, 2.45) is 5.73 Å². The Labute approximate surface area is 177 Å². The molecule has 1 aromatic carbocycles. The van der Waals surface area contributed by atoms with Gasteiger partial charge in [0.25, 0.3) is 5.91 Å². The quantitative estimate of drug-likeness (QED) is 0.679. The van der Waals surface area contributed by atoms with Gasteiger partial charge in [-0.1, -0.05) is 12.1 Å². The van der Waals surface area contributed by atoms with Gasteiger partial charge in [-0.05, 0) is 56.0 Å². The number of benzene rings is 1. The van der Waals surface area contributed by atoms with Gasteiger partial charge in [-0.25, -0.2) is 0 Å². The summed E-state index contributed by atoms with van der Waals surface area (Å²) in [4.78, 5) is 27.3. The molecule has 0 fully saturated rings. The normalized spacial score (nSPS) is 13.9. The molecule has 0 bridgehead atoms. The maximum atomic E-state index is 12.6. The van der Waals surface area contributed by atoms with Crippen molar-refractivity contribution in [2.45, 2.75) is 44.8 Å². The Morgan fingerprint density at radius 1 is 1.17 bits per heavy atom. The van der Waals surface area contributed by atoms with Crippen LogP contribution in [-0.2, 0) is 30.4 Å². The summed E-state index contributed by atoms with van der Waals surface area (Å²) in [5.74, 6) is -0.750. The fourth-order valence-corrected chi connectivity index (χ4v) is 4.90. The number of thiophene rings is 1. The summed E-state index contributed by atoms with van der Waals surface area (Å²) >= 11 is 1.42. The Bertz CT molecular complexity index is 923. The van der Waals surface area contributed by atoms with Gasteiger partial charge in [-0.2, -0.15) is 13.2 Å². The van der Waals surface area contributed by atoms with Gasteiger partial charge in [0, 0.05) is 24.4 Å². The van der Waals surface area contributed by atoms with Gasteiger partial charge in [0.15, 0.2) is 0 Å². The number of carbonyl (C=O) groups excluding carboxylic acids is 2. The number of nitrogens with zero attached hydrogens (tertiary/aromatic N) is 1. The molecule has 1 heterocycles. The van der Waals surface area contributed by atoms with E-state index in [0.29, 0.717) is 23.7 Å². The van der Waals surface area contributed by atoms with Crippen LogP contribution in [0.4, 0.5) is 18.2 Å². The molecule has 5 nitrogen and oxygen atoms in total. The minimum absolute atomic E-state index is 0.192. The third-order valence-electron chi connectivity index (χ3n) is 5.12. The van der Waals surface area contributed by atoms with Crippen LogP contribution in [0.25, 0.3) is 0 Å². The number of nitrogens with one attached hydrogen (secondary N) is 1. The van der Waals surface area contributed by atoms with E-state index in [4.69, 9.17) is 5.73 Å². The highest BCUT2D eigenvalue weighted by Gasteiger charge is 2.30. The number of anilines is 1. The lowest BCUT2D eigenvalue weighted by molar-refractivity contribution is -0.137. The Morgan fingerprint density at radius 3 is 2.47 bits per heavy atom. The summed E-state index contributed by atoms with van der Waals surface area (Å²) in [7, 11) is 1.80. The molecule has 1 aliphatic rings. The van der Waals surface area contributed by atoms with Crippen LogP contribution in [0, 0.1) is 0 Å². The Balaban J connectivity index is 1.55. The Morgan fingerprint density at radius 2 is 1.83 bits per heavy atom. The Kier molecular flexibility index (Phi) is 6.82. The molecule has 0 aliphatic heterocycles. The lowest BCUT2D eigenvalue weighted by Gasteiger charge is -2.17. The number of carbonyl (C=O) groups is 2. The molecule has 2 amide bonds. The maximum absolute atomic E-state index is 12.6. The maximum Gasteiger partial charge on any atom is 0.416 e. The molecule has 9 heteroatoms. The molecule has 0 atom stereocenters. The number of primary amides is 1. The zero-order valence-electron chi connectivity index (χ0n) is 16.6. The van der Waals surface area contributed by atoms with Crippen LogP contribution in [0.2, 0.25) is 0 Å². The van der Waals surface area contributed by atoms with Gasteiger partial charge in [0.05, 0.1) is 11.1 Å². The van der Waals surface area contributed by atoms with Crippen molar-refractivity contribution in [3.63, 3.8) is 0 Å². The molecular formula is C21H24F3N3O2S. The first-order chi connectivity index (χ1) is 14.1. The first kappa shape index (κ1) is 22.3. The second-order valence-corrected chi connectivity index (χ2v) is 8.62. The number of aryl methyl sites for hydroxylation is 1. The first-order valence-corrected chi connectivity index (χ1v) is 10.6. The second-order valence-electron chi connectivity index (χ2n) is 7.51. The van der Waals surface area contributed by atoms with Gasteiger partial charge in [0.1, 0.15) is 5.00 Å². The molecule has 1 aromatic heterocycles. The molecule has 0 saturated carbocycles. The topological polar surface area (TPSA) is 75.4 Å². The minimum atomic E-state index is -4.35. The lowest BCUT2D eigenvalue weighted by Crippen LogP contribution is -2.24. The van der Waals surface area contributed by atoms with Crippen LogP contribution < -0.4 is 11.1 Å². The summed E-state index contributed by atoms with van der Waals surface area (Å²) in [5.41, 5.74) is 6.99. The molecule has 0 spiro atoms. The van der Waals surface area contributed by atoms with Gasteiger partial charge >= 0.3 is 6.18 Å². The Hall–Kier alpha value is -2.39. The number of fused-ring (bicyclic) bond motifs is 1. The standard InChI is InChI=1S/C21H24F3N3O2S/c1-27(12-13-6-8-14(9-7-13)21(22,23)24)11-10-17(28)26-20-18(19(25)29)15-4-2-3-5-16(15)30-20/h6-9H,2-5,10-12H2,1H3,(H2,25,29)(H,26,28). The van der Waals surface area contributed by atoms with E-state index in [9.17, 15) is 22.8 Å². The number of hydrogen-bond acceptors (Lipinski definition) is 4. The van der Waals surface area contributed by atoms with Gasteiger partial charge < -0.3 is 16.0 Å². The van der Waals surface area contributed by atoms with Crippen LogP contribution in [0.15, 0.2) is 24.3 Å². The summed E-state index contributed by atoms with van der Waals surface area (Å²) in [6.45, 7) is 0.842. The fraction of sp³-hybridized carbons (Fsp3) is 0.429. The highest BCUT2D eigenvalue weighted by molar-refractivity contribution is 7.17. The number of halogens is 3. The average molecular weight is 440 g/mol. The molecule has 30 heavy (non-hydrogen) atoms.